The third-order valence-corrected chi connectivity index (χ3v) is 3.42. The van der Waals surface area contributed by atoms with Crippen molar-refractivity contribution in [2.45, 2.75) is 6.61 Å². The number of halogens is 2. The largest absolute Gasteiger partial charge is 0.545 e. The summed E-state index contributed by atoms with van der Waals surface area (Å²) in [6.07, 6.45) is 2.43. The maximum absolute atomic E-state index is 10.3. The van der Waals surface area contributed by atoms with Gasteiger partial charge in [-0.1, -0.05) is 47.5 Å². The number of hydrogen-bond donors (Lipinski definition) is 0. The first-order valence-electron chi connectivity index (χ1n) is 6.10. The van der Waals surface area contributed by atoms with Crippen molar-refractivity contribution in [1.82, 2.24) is 0 Å². The summed E-state index contributed by atoms with van der Waals surface area (Å²) < 4.78 is 5.61. The fourth-order valence-corrected chi connectivity index (χ4v) is 1.96. The normalized spacial score (nSPS) is 10.8. The molecular weight excluding hydrogens is 311 g/mol. The summed E-state index contributed by atoms with van der Waals surface area (Å²) in [6, 6.07) is 12.3. The minimum atomic E-state index is -1.23. The van der Waals surface area contributed by atoms with E-state index in [0.717, 1.165) is 17.2 Å². The lowest BCUT2D eigenvalue weighted by atomic mass is 10.2. The molecule has 0 aliphatic carbocycles. The molecule has 0 saturated carbocycles. The quantitative estimate of drug-likeness (QED) is 0.793. The molecule has 0 saturated heterocycles. The van der Waals surface area contributed by atoms with Gasteiger partial charge in [-0.2, -0.15) is 0 Å². The molecule has 0 bridgehead atoms. The zero-order valence-corrected chi connectivity index (χ0v) is 12.4. The van der Waals surface area contributed by atoms with Gasteiger partial charge in [-0.15, -0.1) is 0 Å². The second-order valence-corrected chi connectivity index (χ2v) is 5.07. The summed E-state index contributed by atoms with van der Waals surface area (Å²) in [7, 11) is 0. The van der Waals surface area contributed by atoms with E-state index in [4.69, 9.17) is 27.9 Å². The predicted octanol–water partition coefficient (Wildman–Crippen LogP) is 3.34. The number of carbonyl (C=O) groups excluding carboxylic acids is 1. The molecule has 0 aliphatic heterocycles. The Bertz CT molecular complexity index is 664. The van der Waals surface area contributed by atoms with Crippen LogP contribution in [-0.4, -0.2) is 5.97 Å². The number of hydrogen-bond acceptors (Lipinski definition) is 3. The number of carboxylic acid groups (broad SMARTS) is 1. The molecule has 0 unspecified atom stereocenters. The van der Waals surface area contributed by atoms with E-state index in [0.29, 0.717) is 22.4 Å². The fraction of sp³-hybridized carbons (Fsp3) is 0.0625. The average molecular weight is 322 g/mol. The molecule has 0 N–H and O–H groups in total. The van der Waals surface area contributed by atoms with E-state index in [1.807, 2.05) is 6.07 Å². The van der Waals surface area contributed by atoms with E-state index >= 15 is 0 Å². The topological polar surface area (TPSA) is 49.4 Å². The number of carboxylic acids is 1. The van der Waals surface area contributed by atoms with Crippen LogP contribution in [0, 0.1) is 0 Å². The molecule has 2 aromatic carbocycles. The number of aliphatic carboxylic acids is 1. The van der Waals surface area contributed by atoms with Crippen molar-refractivity contribution >= 4 is 35.2 Å². The molecule has 2 aromatic rings. The first-order chi connectivity index (χ1) is 10.0. The van der Waals surface area contributed by atoms with Gasteiger partial charge in [-0.25, -0.2) is 0 Å². The van der Waals surface area contributed by atoms with Gasteiger partial charge in [0.25, 0.3) is 0 Å². The van der Waals surface area contributed by atoms with Gasteiger partial charge in [0.05, 0.1) is 16.0 Å². The lowest BCUT2D eigenvalue weighted by Gasteiger charge is -2.07. The second-order valence-electron chi connectivity index (χ2n) is 4.26. The van der Waals surface area contributed by atoms with Gasteiger partial charge in [0.15, 0.2) is 0 Å². The van der Waals surface area contributed by atoms with E-state index in [-0.39, 0.29) is 0 Å². The minimum absolute atomic E-state index is 0.366. The van der Waals surface area contributed by atoms with E-state index in [1.165, 1.54) is 6.08 Å². The SMILES string of the molecule is O=C([O-])/C=C/c1ccc(OCc2ccc(Cl)c(Cl)c2)cc1. The second kappa shape index (κ2) is 7.16. The predicted molar refractivity (Wildman–Crippen MR) is 81.3 cm³/mol. The Morgan fingerprint density at radius 3 is 2.43 bits per heavy atom. The zero-order valence-electron chi connectivity index (χ0n) is 10.9. The van der Waals surface area contributed by atoms with Crippen LogP contribution < -0.4 is 9.84 Å². The summed E-state index contributed by atoms with van der Waals surface area (Å²) in [6.45, 7) is 0.366. The maximum atomic E-state index is 10.3. The summed E-state index contributed by atoms with van der Waals surface area (Å²) in [5.74, 6) is -0.554. The van der Waals surface area contributed by atoms with E-state index in [9.17, 15) is 9.90 Å². The Morgan fingerprint density at radius 1 is 1.10 bits per heavy atom. The molecule has 0 radical (unpaired) electrons. The summed E-state index contributed by atoms with van der Waals surface area (Å²) in [5, 5.41) is 11.3. The Hall–Kier alpha value is -1.97. The van der Waals surface area contributed by atoms with Gasteiger partial charge in [0.1, 0.15) is 12.4 Å². The third-order valence-electron chi connectivity index (χ3n) is 2.68. The van der Waals surface area contributed by atoms with Crippen LogP contribution >= 0.6 is 23.2 Å². The minimum Gasteiger partial charge on any atom is -0.545 e. The van der Waals surface area contributed by atoms with Crippen LogP contribution in [0.5, 0.6) is 5.75 Å². The number of benzene rings is 2. The molecular formula is C16H11Cl2O3-. The molecule has 3 nitrogen and oxygen atoms in total. The Labute approximate surface area is 132 Å². The molecule has 0 spiro atoms. The molecule has 21 heavy (non-hydrogen) atoms. The van der Waals surface area contributed by atoms with Crippen LogP contribution in [0.2, 0.25) is 10.0 Å². The van der Waals surface area contributed by atoms with Crippen LogP contribution in [0.4, 0.5) is 0 Å². The Balaban J connectivity index is 1.97. The summed E-state index contributed by atoms with van der Waals surface area (Å²) >= 11 is 11.8. The van der Waals surface area contributed by atoms with Crippen molar-refractivity contribution in [1.29, 1.82) is 0 Å². The first-order valence-corrected chi connectivity index (χ1v) is 6.86. The van der Waals surface area contributed by atoms with Crippen molar-refractivity contribution in [2.24, 2.45) is 0 Å². The molecule has 108 valence electrons. The number of carbonyl (C=O) groups is 1. The molecule has 0 heterocycles. The monoisotopic (exact) mass is 321 g/mol. The van der Waals surface area contributed by atoms with Crippen molar-refractivity contribution in [3.05, 3.63) is 69.7 Å². The number of rotatable bonds is 5. The van der Waals surface area contributed by atoms with Crippen LogP contribution in [0.15, 0.2) is 48.5 Å². The van der Waals surface area contributed by atoms with E-state index in [1.54, 1.807) is 36.4 Å². The average Bonchev–Trinajstić information content (AvgIpc) is 2.47. The maximum Gasteiger partial charge on any atom is 0.119 e. The molecule has 0 aromatic heterocycles. The van der Waals surface area contributed by atoms with Crippen molar-refractivity contribution in [3.8, 4) is 5.75 Å². The fourth-order valence-electron chi connectivity index (χ4n) is 1.64. The highest BCUT2D eigenvalue weighted by Gasteiger charge is 2.01. The lowest BCUT2D eigenvalue weighted by Crippen LogP contribution is -2.18. The van der Waals surface area contributed by atoms with Gasteiger partial charge in [0.2, 0.25) is 0 Å². The molecule has 0 amide bonds. The Morgan fingerprint density at radius 2 is 1.81 bits per heavy atom. The van der Waals surface area contributed by atoms with Crippen LogP contribution in [0.1, 0.15) is 11.1 Å². The van der Waals surface area contributed by atoms with Gasteiger partial charge >= 0.3 is 0 Å². The van der Waals surface area contributed by atoms with Gasteiger partial charge < -0.3 is 14.6 Å². The zero-order chi connectivity index (χ0) is 15.2. The van der Waals surface area contributed by atoms with Crippen LogP contribution in [0.3, 0.4) is 0 Å². The van der Waals surface area contributed by atoms with Gasteiger partial charge in [-0.3, -0.25) is 0 Å². The first kappa shape index (κ1) is 15.4. The van der Waals surface area contributed by atoms with Crippen LogP contribution in [-0.2, 0) is 11.4 Å². The Kier molecular flexibility index (Phi) is 5.26. The molecule has 0 aliphatic rings. The standard InChI is InChI=1S/C16H12Cl2O3/c17-14-7-3-12(9-15(14)18)10-21-13-5-1-11(2-6-13)4-8-16(19)20/h1-9H,10H2,(H,19,20)/p-1/b8-4+. The molecule has 5 heteroatoms. The van der Waals surface area contributed by atoms with Crippen molar-refractivity contribution in [3.63, 3.8) is 0 Å². The molecule has 2 rings (SSSR count). The summed E-state index contributed by atoms with van der Waals surface area (Å²) in [4.78, 5) is 10.3. The highest BCUT2D eigenvalue weighted by Crippen LogP contribution is 2.23. The molecule has 0 atom stereocenters. The summed E-state index contributed by atoms with van der Waals surface area (Å²) in [5.41, 5.74) is 1.66. The highest BCUT2D eigenvalue weighted by molar-refractivity contribution is 6.42. The van der Waals surface area contributed by atoms with Crippen molar-refractivity contribution in [2.75, 3.05) is 0 Å². The highest BCUT2D eigenvalue weighted by atomic mass is 35.5. The third kappa shape index (κ3) is 4.81. The van der Waals surface area contributed by atoms with Crippen LogP contribution in [0.25, 0.3) is 6.08 Å². The number of ether oxygens (including phenoxy) is 1. The van der Waals surface area contributed by atoms with E-state index in [2.05, 4.69) is 0 Å². The van der Waals surface area contributed by atoms with Gasteiger partial charge in [-0.05, 0) is 41.5 Å². The van der Waals surface area contributed by atoms with E-state index < -0.39 is 5.97 Å². The van der Waals surface area contributed by atoms with Gasteiger partial charge in [0, 0.05) is 0 Å². The van der Waals surface area contributed by atoms with Crippen molar-refractivity contribution < 1.29 is 14.6 Å². The molecule has 0 fully saturated rings. The smallest absolute Gasteiger partial charge is 0.119 e. The lowest BCUT2D eigenvalue weighted by molar-refractivity contribution is -0.297.